The highest BCUT2D eigenvalue weighted by Gasteiger charge is 2.21. The van der Waals surface area contributed by atoms with E-state index in [0.29, 0.717) is 0 Å². The van der Waals surface area contributed by atoms with Crippen molar-refractivity contribution in [3.8, 4) is 0 Å². The van der Waals surface area contributed by atoms with Gasteiger partial charge in [-0.2, -0.15) is 0 Å². The van der Waals surface area contributed by atoms with E-state index in [1.807, 2.05) is 20.8 Å². The van der Waals surface area contributed by atoms with Crippen LogP contribution in [0.25, 0.3) is 0 Å². The van der Waals surface area contributed by atoms with E-state index in [4.69, 9.17) is 0 Å². The number of hydrogen-bond acceptors (Lipinski definition) is 2. The summed E-state index contributed by atoms with van der Waals surface area (Å²) in [6, 6.07) is 0.781. The highest BCUT2D eigenvalue weighted by atomic mass is 32.2. The number of nitrogens with one attached hydrogen (secondary N) is 1. The van der Waals surface area contributed by atoms with Crippen LogP contribution in [0.1, 0.15) is 40.0 Å². The summed E-state index contributed by atoms with van der Waals surface area (Å²) in [4.78, 5) is 0. The Kier molecular flexibility index (Phi) is 3.92. The van der Waals surface area contributed by atoms with Gasteiger partial charge in [0.1, 0.15) is 0 Å². The first-order valence-electron chi connectivity index (χ1n) is 5.12. The maximum atomic E-state index is 11.6. The predicted octanol–water partition coefficient (Wildman–Crippen LogP) is 1.68. The monoisotopic (exact) mass is 203 g/mol. The lowest BCUT2D eigenvalue weighted by Crippen LogP contribution is -2.26. The third-order valence-corrected chi connectivity index (χ3v) is 4.23. The summed E-state index contributed by atoms with van der Waals surface area (Å²) in [6.07, 6.45) is 3.71. The lowest BCUT2D eigenvalue weighted by atomic mass is 10.3. The van der Waals surface area contributed by atoms with Gasteiger partial charge in [-0.1, -0.05) is 0 Å². The molecule has 1 aliphatic rings. The van der Waals surface area contributed by atoms with Gasteiger partial charge in [0.2, 0.25) is 0 Å². The van der Waals surface area contributed by atoms with Gasteiger partial charge in [0.15, 0.2) is 0 Å². The van der Waals surface area contributed by atoms with Crippen LogP contribution in [0.4, 0.5) is 0 Å². The fraction of sp³-hybridized carbons (Fsp3) is 1.00. The summed E-state index contributed by atoms with van der Waals surface area (Å²) in [7, 11) is -0.672. The molecule has 78 valence electrons. The van der Waals surface area contributed by atoms with Crippen molar-refractivity contribution in [2.24, 2.45) is 0 Å². The van der Waals surface area contributed by atoms with Crippen LogP contribution < -0.4 is 5.32 Å². The first-order chi connectivity index (χ1) is 6.00. The van der Waals surface area contributed by atoms with Crippen LogP contribution in [0.15, 0.2) is 0 Å². The zero-order chi connectivity index (χ0) is 9.90. The quantitative estimate of drug-likeness (QED) is 0.689. The van der Waals surface area contributed by atoms with E-state index in [2.05, 4.69) is 5.32 Å². The van der Waals surface area contributed by atoms with Crippen molar-refractivity contribution in [3.05, 3.63) is 0 Å². The van der Waals surface area contributed by atoms with Gasteiger partial charge in [-0.25, -0.2) is 0 Å². The second-order valence-corrected chi connectivity index (χ2v) is 7.07. The second kappa shape index (κ2) is 4.56. The molecule has 0 saturated heterocycles. The summed E-state index contributed by atoms with van der Waals surface area (Å²) in [5.74, 6) is 0.837. The smallest absolute Gasteiger partial charge is 0.0375 e. The molecule has 0 radical (unpaired) electrons. The Hall–Kier alpha value is 0.110. The van der Waals surface area contributed by atoms with Crippen LogP contribution in [-0.2, 0) is 10.8 Å². The van der Waals surface area contributed by atoms with Crippen LogP contribution in [-0.4, -0.2) is 27.3 Å². The SMILES string of the molecule is CC(C)(C)S(=O)CCCNC1CC1. The molecule has 0 aromatic carbocycles. The summed E-state index contributed by atoms with van der Waals surface area (Å²) < 4.78 is 11.6. The van der Waals surface area contributed by atoms with Gasteiger partial charge in [0.05, 0.1) is 0 Å². The van der Waals surface area contributed by atoms with Crippen molar-refractivity contribution < 1.29 is 4.21 Å². The van der Waals surface area contributed by atoms with E-state index in [1.54, 1.807) is 0 Å². The van der Waals surface area contributed by atoms with Gasteiger partial charge < -0.3 is 5.32 Å². The largest absolute Gasteiger partial charge is 0.314 e. The highest BCUT2D eigenvalue weighted by molar-refractivity contribution is 7.86. The Morgan fingerprint density at radius 1 is 1.38 bits per heavy atom. The van der Waals surface area contributed by atoms with Crippen LogP contribution in [0, 0.1) is 0 Å². The Labute approximate surface area is 83.9 Å². The van der Waals surface area contributed by atoms with Gasteiger partial charge in [0.25, 0.3) is 0 Å². The van der Waals surface area contributed by atoms with Crippen LogP contribution >= 0.6 is 0 Å². The van der Waals surface area contributed by atoms with Crippen LogP contribution in [0.3, 0.4) is 0 Å². The van der Waals surface area contributed by atoms with E-state index >= 15 is 0 Å². The van der Waals surface area contributed by atoms with E-state index in [-0.39, 0.29) is 4.75 Å². The molecule has 0 heterocycles. The van der Waals surface area contributed by atoms with Crippen LogP contribution in [0.5, 0.6) is 0 Å². The second-order valence-electron chi connectivity index (χ2n) is 4.74. The van der Waals surface area contributed by atoms with E-state index in [0.717, 1.165) is 24.8 Å². The van der Waals surface area contributed by atoms with Crippen molar-refractivity contribution in [3.63, 3.8) is 0 Å². The topological polar surface area (TPSA) is 29.1 Å². The summed E-state index contributed by atoms with van der Waals surface area (Å²) in [6.45, 7) is 7.15. The minimum atomic E-state index is -0.672. The molecule has 3 heteroatoms. The van der Waals surface area contributed by atoms with E-state index < -0.39 is 10.8 Å². The molecule has 0 spiro atoms. The molecule has 1 N–H and O–H groups in total. The lowest BCUT2D eigenvalue weighted by molar-refractivity contribution is 0.634. The molecule has 0 amide bonds. The predicted molar refractivity (Wildman–Crippen MR) is 58.4 cm³/mol. The molecule has 1 aliphatic carbocycles. The van der Waals surface area contributed by atoms with E-state index in [9.17, 15) is 4.21 Å². The Bertz CT molecular complexity index is 182. The molecule has 1 fully saturated rings. The van der Waals surface area contributed by atoms with Crippen molar-refractivity contribution in [1.29, 1.82) is 0 Å². The van der Waals surface area contributed by atoms with Crippen molar-refractivity contribution >= 4 is 10.8 Å². The molecule has 13 heavy (non-hydrogen) atoms. The minimum absolute atomic E-state index is 0.0421. The van der Waals surface area contributed by atoms with Crippen molar-refractivity contribution in [2.45, 2.75) is 50.8 Å². The van der Waals surface area contributed by atoms with Gasteiger partial charge in [-0.05, 0) is 46.6 Å². The molecule has 0 bridgehead atoms. The molecule has 2 nitrogen and oxygen atoms in total. The van der Waals surface area contributed by atoms with Crippen LogP contribution in [0.2, 0.25) is 0 Å². The average molecular weight is 203 g/mol. The van der Waals surface area contributed by atoms with Gasteiger partial charge in [-0.3, -0.25) is 4.21 Å². The summed E-state index contributed by atoms with van der Waals surface area (Å²) in [5, 5.41) is 3.43. The minimum Gasteiger partial charge on any atom is -0.314 e. The Balaban J connectivity index is 2.00. The molecular formula is C10H21NOS. The Morgan fingerprint density at radius 3 is 2.46 bits per heavy atom. The first-order valence-corrected chi connectivity index (χ1v) is 6.44. The van der Waals surface area contributed by atoms with E-state index in [1.165, 1.54) is 12.8 Å². The summed E-state index contributed by atoms with van der Waals surface area (Å²) >= 11 is 0. The maximum absolute atomic E-state index is 11.6. The molecule has 0 aromatic heterocycles. The maximum Gasteiger partial charge on any atom is 0.0375 e. The zero-order valence-corrected chi connectivity index (χ0v) is 9.75. The van der Waals surface area contributed by atoms with Gasteiger partial charge in [0, 0.05) is 27.3 Å². The first kappa shape index (κ1) is 11.2. The third kappa shape index (κ3) is 4.77. The van der Waals surface area contributed by atoms with Gasteiger partial charge in [-0.15, -0.1) is 0 Å². The molecule has 0 aliphatic heterocycles. The average Bonchev–Trinajstić information content (AvgIpc) is 2.79. The van der Waals surface area contributed by atoms with Crippen molar-refractivity contribution in [2.75, 3.05) is 12.3 Å². The fourth-order valence-corrected chi connectivity index (χ4v) is 2.12. The normalized spacial score (nSPS) is 20.2. The molecule has 1 rings (SSSR count). The van der Waals surface area contributed by atoms with Crippen molar-refractivity contribution in [1.82, 2.24) is 5.32 Å². The zero-order valence-electron chi connectivity index (χ0n) is 8.93. The summed E-state index contributed by atoms with van der Waals surface area (Å²) in [5.41, 5.74) is 0. The lowest BCUT2D eigenvalue weighted by Gasteiger charge is -2.17. The Morgan fingerprint density at radius 2 is 2.00 bits per heavy atom. The fourth-order valence-electron chi connectivity index (χ4n) is 1.10. The molecule has 1 unspecified atom stereocenters. The molecular weight excluding hydrogens is 182 g/mol. The third-order valence-electron chi connectivity index (χ3n) is 2.20. The number of rotatable bonds is 5. The molecule has 0 aromatic rings. The molecule has 1 atom stereocenters. The standard InChI is InChI=1S/C10H21NOS/c1-10(2,3)13(12)8-4-7-11-9-5-6-9/h9,11H,4-8H2,1-3H3. The number of hydrogen-bond donors (Lipinski definition) is 1. The highest BCUT2D eigenvalue weighted by Crippen LogP contribution is 2.18. The molecule has 1 saturated carbocycles. The van der Waals surface area contributed by atoms with Gasteiger partial charge >= 0.3 is 0 Å².